The van der Waals surface area contributed by atoms with Crippen LogP contribution in [0.5, 0.6) is 5.75 Å². The van der Waals surface area contributed by atoms with Crippen LogP contribution < -0.4 is 9.64 Å². The summed E-state index contributed by atoms with van der Waals surface area (Å²) in [5, 5.41) is 4.37. The quantitative estimate of drug-likeness (QED) is 0.527. The van der Waals surface area contributed by atoms with Crippen molar-refractivity contribution in [2.24, 2.45) is 0 Å². The first-order valence-corrected chi connectivity index (χ1v) is 8.86. The minimum atomic E-state index is -0.530. The van der Waals surface area contributed by atoms with E-state index in [-0.39, 0.29) is 11.6 Å². The Kier molecular flexibility index (Phi) is 4.46. The zero-order chi connectivity index (χ0) is 18.8. The van der Waals surface area contributed by atoms with Gasteiger partial charge in [0.25, 0.3) is 0 Å². The third-order valence-corrected chi connectivity index (χ3v) is 4.51. The van der Waals surface area contributed by atoms with Gasteiger partial charge < -0.3 is 9.64 Å². The normalized spacial score (nSPS) is 13.8. The summed E-state index contributed by atoms with van der Waals surface area (Å²) < 4.78 is 7.19. The molecule has 3 aromatic rings. The molecule has 2 aromatic carbocycles. The second kappa shape index (κ2) is 7.07. The number of carbonyl (C=O) groups is 2. The van der Waals surface area contributed by atoms with E-state index in [4.69, 9.17) is 4.74 Å². The zero-order valence-electron chi connectivity index (χ0n) is 15.0. The molecular formula is C21H19N3O3. The van der Waals surface area contributed by atoms with E-state index in [1.807, 2.05) is 43.3 Å². The number of amides is 1. The van der Waals surface area contributed by atoms with Crippen LogP contribution in [0.25, 0.3) is 5.69 Å². The molecule has 136 valence electrons. The summed E-state index contributed by atoms with van der Waals surface area (Å²) in [6.07, 6.45) is 1.40. The lowest BCUT2D eigenvalue weighted by Gasteiger charge is -2.16. The Bertz CT molecular complexity index is 995. The van der Waals surface area contributed by atoms with Crippen LogP contribution in [0.1, 0.15) is 29.0 Å². The van der Waals surface area contributed by atoms with E-state index < -0.39 is 5.97 Å². The van der Waals surface area contributed by atoms with Gasteiger partial charge in [-0.15, -0.1) is 0 Å². The van der Waals surface area contributed by atoms with Gasteiger partial charge in [-0.3, -0.25) is 4.79 Å². The van der Waals surface area contributed by atoms with E-state index >= 15 is 0 Å². The maximum Gasteiger partial charge on any atom is 0.364 e. The molecule has 1 aliphatic rings. The van der Waals surface area contributed by atoms with E-state index in [0.29, 0.717) is 18.7 Å². The fraction of sp³-hybridized carbons (Fsp3) is 0.190. The van der Waals surface area contributed by atoms with Crippen molar-refractivity contribution < 1.29 is 14.3 Å². The van der Waals surface area contributed by atoms with Gasteiger partial charge in [-0.25, -0.2) is 9.48 Å². The third-order valence-electron chi connectivity index (χ3n) is 4.51. The Labute approximate surface area is 157 Å². The largest absolute Gasteiger partial charge is 0.422 e. The number of nitrogens with zero attached hydrogens (tertiary/aromatic N) is 3. The fourth-order valence-corrected chi connectivity index (χ4v) is 3.20. The van der Waals surface area contributed by atoms with E-state index in [0.717, 1.165) is 23.5 Å². The lowest BCUT2D eigenvalue weighted by molar-refractivity contribution is -0.117. The molecule has 0 radical (unpaired) electrons. The second-order valence-corrected chi connectivity index (χ2v) is 6.45. The second-order valence-electron chi connectivity index (χ2n) is 6.45. The number of carbonyl (C=O) groups excluding carboxylic acids is 2. The van der Waals surface area contributed by atoms with Crippen molar-refractivity contribution in [1.29, 1.82) is 0 Å². The van der Waals surface area contributed by atoms with Gasteiger partial charge in [0, 0.05) is 30.4 Å². The molecule has 2 heterocycles. The van der Waals surface area contributed by atoms with Crippen molar-refractivity contribution in [2.75, 3.05) is 11.4 Å². The molecule has 4 rings (SSSR count). The number of benzene rings is 2. The summed E-state index contributed by atoms with van der Waals surface area (Å²) in [5.41, 5.74) is 2.70. The highest BCUT2D eigenvalue weighted by molar-refractivity contribution is 5.95. The monoisotopic (exact) mass is 361 g/mol. The van der Waals surface area contributed by atoms with Gasteiger partial charge in [-0.2, -0.15) is 5.10 Å². The lowest BCUT2D eigenvalue weighted by atomic mass is 10.2. The Balaban J connectivity index is 1.54. The predicted octanol–water partition coefficient (Wildman–Crippen LogP) is 3.53. The molecule has 0 unspecified atom stereocenters. The van der Waals surface area contributed by atoms with Crippen molar-refractivity contribution in [2.45, 2.75) is 19.8 Å². The fourth-order valence-electron chi connectivity index (χ4n) is 3.20. The van der Waals surface area contributed by atoms with Crippen molar-refractivity contribution in [3.8, 4) is 11.4 Å². The Morgan fingerprint density at radius 1 is 1.04 bits per heavy atom. The molecule has 0 N–H and O–H groups in total. The Hall–Kier alpha value is -3.41. The summed E-state index contributed by atoms with van der Waals surface area (Å²) in [6.45, 7) is 2.58. The summed E-state index contributed by atoms with van der Waals surface area (Å²) in [6, 6.07) is 18.3. The van der Waals surface area contributed by atoms with Crippen molar-refractivity contribution in [1.82, 2.24) is 9.78 Å². The SMILES string of the molecule is Cc1cc(C(=O)Oc2cccc(N3CCCC3=O)c2)nn1-c1ccccc1. The standard InChI is InChI=1S/C21H19N3O3/c1-15-13-19(22-24(15)16-7-3-2-4-8-16)21(26)27-18-10-5-9-17(14-18)23-12-6-11-20(23)25/h2-5,7-10,13-14H,6,11-12H2,1H3. The van der Waals surface area contributed by atoms with Crippen LogP contribution >= 0.6 is 0 Å². The van der Waals surface area contributed by atoms with Crippen molar-refractivity contribution in [3.05, 3.63) is 72.1 Å². The molecule has 1 aromatic heterocycles. The topological polar surface area (TPSA) is 64.4 Å². The number of aromatic nitrogens is 2. The molecule has 1 fully saturated rings. The van der Waals surface area contributed by atoms with Gasteiger partial charge in [-0.05, 0) is 43.7 Å². The zero-order valence-corrected chi connectivity index (χ0v) is 15.0. The highest BCUT2D eigenvalue weighted by Gasteiger charge is 2.22. The van der Waals surface area contributed by atoms with Crippen molar-refractivity contribution >= 4 is 17.6 Å². The predicted molar refractivity (Wildman–Crippen MR) is 101 cm³/mol. The van der Waals surface area contributed by atoms with Crippen LogP contribution in [-0.4, -0.2) is 28.2 Å². The highest BCUT2D eigenvalue weighted by Crippen LogP contribution is 2.26. The number of anilines is 1. The minimum absolute atomic E-state index is 0.0932. The average Bonchev–Trinajstić information content (AvgIpc) is 3.28. The molecule has 27 heavy (non-hydrogen) atoms. The summed E-state index contributed by atoms with van der Waals surface area (Å²) in [4.78, 5) is 26.2. The van der Waals surface area contributed by atoms with Crippen LogP contribution in [0, 0.1) is 6.92 Å². The lowest BCUT2D eigenvalue weighted by Crippen LogP contribution is -2.23. The minimum Gasteiger partial charge on any atom is -0.422 e. The molecule has 1 amide bonds. The van der Waals surface area contributed by atoms with Crippen LogP contribution in [0.15, 0.2) is 60.7 Å². The molecular weight excluding hydrogens is 342 g/mol. The average molecular weight is 361 g/mol. The molecule has 0 spiro atoms. The van der Waals surface area contributed by atoms with Crippen LogP contribution in [0.3, 0.4) is 0 Å². The van der Waals surface area contributed by atoms with Crippen molar-refractivity contribution in [3.63, 3.8) is 0 Å². The number of para-hydroxylation sites is 1. The number of rotatable bonds is 4. The van der Waals surface area contributed by atoms with Gasteiger partial charge in [-0.1, -0.05) is 24.3 Å². The number of hydrogen-bond donors (Lipinski definition) is 0. The summed E-state index contributed by atoms with van der Waals surface area (Å²) >= 11 is 0. The molecule has 1 saturated heterocycles. The number of esters is 1. The van der Waals surface area contributed by atoms with Gasteiger partial charge in [0.1, 0.15) is 5.75 Å². The van der Waals surface area contributed by atoms with Crippen LogP contribution in [-0.2, 0) is 4.79 Å². The van der Waals surface area contributed by atoms with Crippen LogP contribution in [0.4, 0.5) is 5.69 Å². The molecule has 0 aliphatic carbocycles. The molecule has 1 aliphatic heterocycles. The first kappa shape index (κ1) is 17.0. The molecule has 0 bridgehead atoms. The maximum atomic E-state index is 12.5. The summed E-state index contributed by atoms with van der Waals surface area (Å²) in [7, 11) is 0. The number of ether oxygens (including phenoxy) is 1. The smallest absolute Gasteiger partial charge is 0.364 e. The van der Waals surface area contributed by atoms with Gasteiger partial charge in [0.05, 0.1) is 5.69 Å². The van der Waals surface area contributed by atoms with E-state index in [2.05, 4.69) is 5.10 Å². The Morgan fingerprint density at radius 3 is 2.56 bits per heavy atom. The van der Waals surface area contributed by atoms with E-state index in [1.54, 1.807) is 33.8 Å². The number of aryl methyl sites for hydroxylation is 1. The highest BCUT2D eigenvalue weighted by atomic mass is 16.5. The van der Waals surface area contributed by atoms with E-state index in [9.17, 15) is 9.59 Å². The van der Waals surface area contributed by atoms with E-state index in [1.165, 1.54) is 0 Å². The molecule has 6 nitrogen and oxygen atoms in total. The first-order chi connectivity index (χ1) is 13.1. The summed E-state index contributed by atoms with van der Waals surface area (Å²) in [5.74, 6) is -0.0440. The molecule has 6 heteroatoms. The van der Waals surface area contributed by atoms with Gasteiger partial charge >= 0.3 is 5.97 Å². The molecule has 0 saturated carbocycles. The Morgan fingerprint density at radius 2 is 1.81 bits per heavy atom. The maximum absolute atomic E-state index is 12.5. The van der Waals surface area contributed by atoms with Gasteiger partial charge in [0.2, 0.25) is 5.91 Å². The first-order valence-electron chi connectivity index (χ1n) is 8.86. The van der Waals surface area contributed by atoms with Gasteiger partial charge in [0.15, 0.2) is 5.69 Å². The number of hydrogen-bond acceptors (Lipinski definition) is 4. The third kappa shape index (κ3) is 3.46. The van der Waals surface area contributed by atoms with Crippen LogP contribution in [0.2, 0.25) is 0 Å². The molecule has 0 atom stereocenters.